The molecular weight excluding hydrogens is 192 g/mol. The zero-order chi connectivity index (χ0) is 12.0. The van der Waals surface area contributed by atoms with Gasteiger partial charge in [-0.15, -0.1) is 0 Å². The number of hydrogen-bond acceptors (Lipinski definition) is 0. The Kier molecular flexibility index (Phi) is 5.31. The van der Waals surface area contributed by atoms with Crippen molar-refractivity contribution in [3.63, 3.8) is 0 Å². The Labute approximate surface area is 100 Å². The third-order valence-corrected chi connectivity index (χ3v) is 3.02. The maximum Gasteiger partial charge on any atom is -0.0198 e. The molecule has 0 fully saturated rings. The van der Waals surface area contributed by atoms with E-state index < -0.39 is 0 Å². The van der Waals surface area contributed by atoms with E-state index in [9.17, 15) is 0 Å². The lowest BCUT2D eigenvalue weighted by Crippen LogP contribution is -1.94. The van der Waals surface area contributed by atoms with Gasteiger partial charge in [-0.05, 0) is 56.2 Å². The van der Waals surface area contributed by atoms with Crippen molar-refractivity contribution in [3.8, 4) is 0 Å². The maximum absolute atomic E-state index is 2.42. The summed E-state index contributed by atoms with van der Waals surface area (Å²) in [5.41, 5.74) is 5.82. The van der Waals surface area contributed by atoms with Crippen LogP contribution < -0.4 is 0 Å². The first kappa shape index (κ1) is 13.0. The maximum atomic E-state index is 2.42. The summed E-state index contributed by atoms with van der Waals surface area (Å²) >= 11 is 0. The third-order valence-electron chi connectivity index (χ3n) is 3.02. The van der Waals surface area contributed by atoms with Crippen LogP contribution in [0.3, 0.4) is 0 Å². The summed E-state index contributed by atoms with van der Waals surface area (Å²) in [6, 6.07) is 6.78. The van der Waals surface area contributed by atoms with E-state index in [1.165, 1.54) is 42.4 Å². The first-order valence-electron chi connectivity index (χ1n) is 6.54. The van der Waals surface area contributed by atoms with Gasteiger partial charge in [0, 0.05) is 0 Å². The van der Waals surface area contributed by atoms with Crippen molar-refractivity contribution in [1.29, 1.82) is 0 Å². The highest BCUT2D eigenvalue weighted by molar-refractivity contribution is 5.68. The van der Waals surface area contributed by atoms with Gasteiger partial charge in [-0.3, -0.25) is 0 Å². The lowest BCUT2D eigenvalue weighted by Gasteiger charge is -2.15. The molecule has 0 nitrogen and oxygen atoms in total. The molecule has 0 saturated carbocycles. The van der Waals surface area contributed by atoms with Gasteiger partial charge in [-0.1, -0.05) is 43.7 Å². The van der Waals surface area contributed by atoms with Gasteiger partial charge in [0.15, 0.2) is 0 Å². The summed E-state index contributed by atoms with van der Waals surface area (Å²) in [5, 5.41) is 0. The van der Waals surface area contributed by atoms with Gasteiger partial charge in [-0.25, -0.2) is 0 Å². The van der Waals surface area contributed by atoms with Crippen LogP contribution in [0.5, 0.6) is 0 Å². The van der Waals surface area contributed by atoms with Gasteiger partial charge < -0.3 is 0 Å². The summed E-state index contributed by atoms with van der Waals surface area (Å²) in [6.45, 7) is 8.38. The molecule has 0 amide bonds. The summed E-state index contributed by atoms with van der Waals surface area (Å²) in [5.74, 6) is 0. The number of aryl methyl sites for hydroxylation is 2. The van der Waals surface area contributed by atoms with Crippen LogP contribution in [0.1, 0.15) is 56.2 Å². The van der Waals surface area contributed by atoms with Gasteiger partial charge in [0.2, 0.25) is 0 Å². The van der Waals surface area contributed by atoms with Crippen molar-refractivity contribution in [1.82, 2.24) is 0 Å². The number of rotatable bonds is 1. The van der Waals surface area contributed by atoms with Crippen molar-refractivity contribution >= 4 is 5.57 Å². The summed E-state index contributed by atoms with van der Waals surface area (Å²) < 4.78 is 0. The normalized spacial score (nSPS) is 14.9. The second-order valence-corrected chi connectivity index (χ2v) is 4.29. The van der Waals surface area contributed by atoms with E-state index in [-0.39, 0.29) is 0 Å². The molecule has 1 aliphatic carbocycles. The molecular formula is C16H24. The average Bonchev–Trinajstić information content (AvgIpc) is 2.33. The molecule has 1 aromatic rings. The molecule has 0 heteroatoms. The van der Waals surface area contributed by atoms with E-state index in [1.807, 2.05) is 13.8 Å². The van der Waals surface area contributed by atoms with Gasteiger partial charge in [0.25, 0.3) is 0 Å². The fourth-order valence-electron chi connectivity index (χ4n) is 2.26. The van der Waals surface area contributed by atoms with Gasteiger partial charge in [0.1, 0.15) is 0 Å². The van der Waals surface area contributed by atoms with Crippen molar-refractivity contribution in [2.75, 3.05) is 0 Å². The molecule has 0 radical (unpaired) electrons. The van der Waals surface area contributed by atoms with Crippen LogP contribution in [0.15, 0.2) is 24.3 Å². The molecule has 0 atom stereocenters. The highest BCUT2D eigenvalue weighted by Gasteiger charge is 2.07. The van der Waals surface area contributed by atoms with E-state index in [0.29, 0.717) is 0 Å². The van der Waals surface area contributed by atoms with Crippen molar-refractivity contribution in [2.45, 2.75) is 53.4 Å². The third kappa shape index (κ3) is 3.23. The second kappa shape index (κ2) is 6.52. The molecule has 0 N–H and O–H groups in total. The van der Waals surface area contributed by atoms with Crippen LogP contribution in [0.2, 0.25) is 0 Å². The molecule has 0 saturated heterocycles. The summed E-state index contributed by atoms with van der Waals surface area (Å²) in [6.07, 6.45) is 7.68. The monoisotopic (exact) mass is 216 g/mol. The molecule has 0 heterocycles. The molecule has 0 bridgehead atoms. The largest absolute Gasteiger partial charge is 0.0807 e. The first-order chi connectivity index (χ1) is 7.77. The molecule has 0 spiro atoms. The second-order valence-electron chi connectivity index (χ2n) is 4.29. The van der Waals surface area contributed by atoms with Crippen LogP contribution in [0.25, 0.3) is 5.57 Å². The molecule has 1 aliphatic rings. The van der Waals surface area contributed by atoms with Crippen LogP contribution in [-0.4, -0.2) is 0 Å². The quantitative estimate of drug-likeness (QED) is 0.598. The van der Waals surface area contributed by atoms with Gasteiger partial charge in [0.05, 0.1) is 0 Å². The van der Waals surface area contributed by atoms with E-state index >= 15 is 0 Å². The fraction of sp³-hybridized carbons (Fsp3) is 0.500. The smallest absolute Gasteiger partial charge is 0.0198 e. The molecule has 16 heavy (non-hydrogen) atoms. The Morgan fingerprint density at radius 2 is 1.75 bits per heavy atom. The SMILES string of the molecule is CC.Cc1ccc(C2=CCCCC2)c(C)c1. The van der Waals surface area contributed by atoms with E-state index in [1.54, 1.807) is 5.57 Å². The Morgan fingerprint density at radius 3 is 2.31 bits per heavy atom. The number of benzene rings is 1. The first-order valence-corrected chi connectivity index (χ1v) is 6.54. The lowest BCUT2D eigenvalue weighted by molar-refractivity contribution is 0.741. The Bertz CT molecular complexity index is 358. The predicted octanol–water partition coefficient (Wildman–Crippen LogP) is 5.29. The van der Waals surface area contributed by atoms with Crippen LogP contribution in [0, 0.1) is 13.8 Å². The zero-order valence-corrected chi connectivity index (χ0v) is 11.1. The minimum atomic E-state index is 1.27. The van der Waals surface area contributed by atoms with Gasteiger partial charge >= 0.3 is 0 Å². The number of hydrogen-bond donors (Lipinski definition) is 0. The molecule has 88 valence electrons. The Balaban J connectivity index is 0.000000606. The fourth-order valence-corrected chi connectivity index (χ4v) is 2.26. The standard InChI is InChI=1S/C14H18.C2H6/c1-11-8-9-14(12(2)10-11)13-6-4-3-5-7-13;1-2/h6,8-10H,3-5,7H2,1-2H3;1-2H3. The minimum Gasteiger partial charge on any atom is -0.0807 e. The topological polar surface area (TPSA) is 0 Å². The predicted molar refractivity (Wildman–Crippen MR) is 73.7 cm³/mol. The highest BCUT2D eigenvalue weighted by atomic mass is 14.1. The van der Waals surface area contributed by atoms with Crippen molar-refractivity contribution < 1.29 is 0 Å². The lowest BCUT2D eigenvalue weighted by atomic mass is 9.90. The molecule has 2 rings (SSSR count). The van der Waals surface area contributed by atoms with Crippen LogP contribution in [0.4, 0.5) is 0 Å². The summed E-state index contributed by atoms with van der Waals surface area (Å²) in [7, 11) is 0. The van der Waals surface area contributed by atoms with Crippen LogP contribution >= 0.6 is 0 Å². The van der Waals surface area contributed by atoms with Crippen molar-refractivity contribution in [2.24, 2.45) is 0 Å². The Hall–Kier alpha value is -1.04. The van der Waals surface area contributed by atoms with Crippen molar-refractivity contribution in [3.05, 3.63) is 41.0 Å². The highest BCUT2D eigenvalue weighted by Crippen LogP contribution is 2.28. The van der Waals surface area contributed by atoms with Gasteiger partial charge in [-0.2, -0.15) is 0 Å². The van der Waals surface area contributed by atoms with E-state index in [2.05, 4.69) is 38.1 Å². The zero-order valence-electron chi connectivity index (χ0n) is 11.1. The Morgan fingerprint density at radius 1 is 1.00 bits per heavy atom. The summed E-state index contributed by atoms with van der Waals surface area (Å²) in [4.78, 5) is 0. The molecule has 0 unspecified atom stereocenters. The van der Waals surface area contributed by atoms with E-state index in [4.69, 9.17) is 0 Å². The van der Waals surface area contributed by atoms with Crippen LogP contribution in [-0.2, 0) is 0 Å². The minimum absolute atomic E-state index is 1.27. The molecule has 0 aliphatic heterocycles. The average molecular weight is 216 g/mol. The molecule has 1 aromatic carbocycles. The molecule has 0 aromatic heterocycles. The number of allylic oxidation sites excluding steroid dienone is 2. The van der Waals surface area contributed by atoms with E-state index in [0.717, 1.165) is 0 Å².